The van der Waals surface area contributed by atoms with Gasteiger partial charge in [0, 0.05) is 3.92 Å². The Hall–Kier alpha value is -0.0900. The van der Waals surface area contributed by atoms with E-state index in [9.17, 15) is 0 Å². The van der Waals surface area contributed by atoms with Gasteiger partial charge in [0.2, 0.25) is 0 Å². The van der Waals surface area contributed by atoms with Gasteiger partial charge in [-0.25, -0.2) is 0 Å². The van der Waals surface area contributed by atoms with Crippen molar-refractivity contribution in [2.24, 2.45) is 0 Å². The van der Waals surface area contributed by atoms with Gasteiger partial charge in [-0.2, -0.15) is 0 Å². The zero-order valence-corrected chi connectivity index (χ0v) is 9.61. The zero-order chi connectivity index (χ0) is 9.10. The van der Waals surface area contributed by atoms with Crippen LogP contribution >= 0.6 is 22.6 Å². The lowest BCUT2D eigenvalue weighted by Gasteiger charge is -2.31. The van der Waals surface area contributed by atoms with Crippen LogP contribution in [-0.2, 0) is 11.3 Å². The highest BCUT2D eigenvalue weighted by Gasteiger charge is 2.27. The maximum Gasteiger partial charge on any atom is 0.0720 e. The Bertz CT molecular complexity index is 254. The molecule has 0 unspecified atom stereocenters. The van der Waals surface area contributed by atoms with E-state index in [1.54, 1.807) is 0 Å². The summed E-state index contributed by atoms with van der Waals surface area (Å²) in [5.74, 6) is 0. The van der Waals surface area contributed by atoms with Crippen LogP contribution < -0.4 is 0 Å². The van der Waals surface area contributed by atoms with Gasteiger partial charge < -0.3 is 4.74 Å². The number of halogens is 1. The molecule has 0 spiro atoms. The summed E-state index contributed by atoms with van der Waals surface area (Å²) in [6.45, 7) is 0.773. The molecule has 0 heterocycles. The fourth-order valence-electron chi connectivity index (χ4n) is 1.43. The van der Waals surface area contributed by atoms with E-state index in [4.69, 9.17) is 4.74 Å². The monoisotopic (exact) mass is 288 g/mol. The molecule has 70 valence electrons. The first-order valence-electron chi connectivity index (χ1n) is 4.64. The highest BCUT2D eigenvalue weighted by atomic mass is 127. The van der Waals surface area contributed by atoms with Crippen molar-refractivity contribution in [1.82, 2.24) is 0 Å². The summed E-state index contributed by atoms with van der Waals surface area (Å²) in [7, 11) is 0. The van der Waals surface area contributed by atoms with Gasteiger partial charge in [-0.05, 0) is 18.4 Å². The molecule has 0 amide bonds. The van der Waals surface area contributed by atoms with Gasteiger partial charge in [0.1, 0.15) is 0 Å². The minimum atomic E-state index is 0.516. The van der Waals surface area contributed by atoms with Crippen LogP contribution in [0, 0.1) is 0 Å². The van der Waals surface area contributed by atoms with Gasteiger partial charge in [0.25, 0.3) is 0 Å². The first-order valence-corrected chi connectivity index (χ1v) is 5.89. The Labute approximate surface area is 92.6 Å². The quantitative estimate of drug-likeness (QED) is 0.613. The Morgan fingerprint density at radius 1 is 1.23 bits per heavy atom. The highest BCUT2D eigenvalue weighted by molar-refractivity contribution is 14.1. The second-order valence-electron chi connectivity index (χ2n) is 3.49. The molecule has 1 nitrogen and oxygen atoms in total. The Balaban J connectivity index is 1.74. The van der Waals surface area contributed by atoms with Crippen molar-refractivity contribution in [3.63, 3.8) is 0 Å². The maximum absolute atomic E-state index is 5.73. The van der Waals surface area contributed by atoms with Gasteiger partial charge >= 0.3 is 0 Å². The summed E-state index contributed by atoms with van der Waals surface area (Å²) >= 11 is 2.48. The normalized spacial score (nSPS) is 26.8. The van der Waals surface area contributed by atoms with E-state index in [1.165, 1.54) is 18.4 Å². The number of hydrogen-bond donors (Lipinski definition) is 0. The van der Waals surface area contributed by atoms with Crippen LogP contribution in [0.25, 0.3) is 0 Å². The summed E-state index contributed by atoms with van der Waals surface area (Å²) < 4.78 is 6.58. The van der Waals surface area contributed by atoms with E-state index >= 15 is 0 Å². The minimum Gasteiger partial charge on any atom is -0.373 e. The SMILES string of the molecule is IC1CC(OCc2ccccc2)C1. The summed E-state index contributed by atoms with van der Waals surface area (Å²) in [4.78, 5) is 0. The number of ether oxygens (including phenoxy) is 1. The fraction of sp³-hybridized carbons (Fsp3) is 0.455. The molecule has 0 aliphatic heterocycles. The number of rotatable bonds is 3. The summed E-state index contributed by atoms with van der Waals surface area (Å²) in [6.07, 6.45) is 2.97. The van der Waals surface area contributed by atoms with E-state index in [1.807, 2.05) is 6.07 Å². The largest absolute Gasteiger partial charge is 0.373 e. The standard InChI is InChI=1S/C11H13IO/c12-10-6-11(7-10)13-8-9-4-2-1-3-5-9/h1-5,10-11H,6-8H2. The van der Waals surface area contributed by atoms with Crippen molar-refractivity contribution in [3.8, 4) is 0 Å². The maximum atomic E-state index is 5.73. The molecule has 0 aromatic heterocycles. The number of benzene rings is 1. The van der Waals surface area contributed by atoms with Gasteiger partial charge in [-0.1, -0.05) is 52.9 Å². The molecule has 13 heavy (non-hydrogen) atoms. The van der Waals surface area contributed by atoms with E-state index < -0.39 is 0 Å². The van der Waals surface area contributed by atoms with E-state index in [2.05, 4.69) is 46.9 Å². The van der Waals surface area contributed by atoms with Crippen LogP contribution in [-0.4, -0.2) is 10.0 Å². The summed E-state index contributed by atoms with van der Waals surface area (Å²) in [6, 6.07) is 10.4. The molecule has 0 radical (unpaired) electrons. The molecule has 0 saturated heterocycles. The van der Waals surface area contributed by atoms with Crippen LogP contribution in [0.5, 0.6) is 0 Å². The van der Waals surface area contributed by atoms with Crippen molar-refractivity contribution < 1.29 is 4.74 Å². The van der Waals surface area contributed by atoms with Crippen molar-refractivity contribution in [1.29, 1.82) is 0 Å². The minimum absolute atomic E-state index is 0.516. The van der Waals surface area contributed by atoms with Crippen molar-refractivity contribution in [2.75, 3.05) is 0 Å². The third-order valence-electron chi connectivity index (χ3n) is 2.37. The van der Waals surface area contributed by atoms with Crippen LogP contribution in [0.4, 0.5) is 0 Å². The lowest BCUT2D eigenvalue weighted by Crippen LogP contribution is -2.31. The molecule has 2 heteroatoms. The zero-order valence-electron chi connectivity index (χ0n) is 7.45. The smallest absolute Gasteiger partial charge is 0.0720 e. The second kappa shape index (κ2) is 4.42. The van der Waals surface area contributed by atoms with Crippen LogP contribution in [0.2, 0.25) is 0 Å². The molecule has 1 aromatic rings. The second-order valence-corrected chi connectivity index (χ2v) is 5.25. The van der Waals surface area contributed by atoms with Gasteiger partial charge in [-0.3, -0.25) is 0 Å². The van der Waals surface area contributed by atoms with E-state index in [0.29, 0.717) is 6.10 Å². The third kappa shape index (κ3) is 2.68. The first-order chi connectivity index (χ1) is 6.34. The molecular formula is C11H13IO. The Morgan fingerprint density at radius 2 is 1.92 bits per heavy atom. The highest BCUT2D eigenvalue weighted by Crippen LogP contribution is 2.30. The molecule has 2 rings (SSSR count). The van der Waals surface area contributed by atoms with Crippen molar-refractivity contribution >= 4 is 22.6 Å². The van der Waals surface area contributed by atoms with Gasteiger partial charge in [0.15, 0.2) is 0 Å². The van der Waals surface area contributed by atoms with Gasteiger partial charge in [-0.15, -0.1) is 0 Å². The summed E-state index contributed by atoms with van der Waals surface area (Å²) in [5.41, 5.74) is 1.28. The lowest BCUT2D eigenvalue weighted by atomic mass is 9.96. The Kier molecular flexibility index (Phi) is 3.22. The molecule has 1 aromatic carbocycles. The summed E-state index contributed by atoms with van der Waals surface area (Å²) in [5, 5.41) is 0. The molecular weight excluding hydrogens is 275 g/mol. The first kappa shape index (κ1) is 9.46. The predicted molar refractivity (Wildman–Crippen MR) is 62.1 cm³/mol. The average Bonchev–Trinajstić information content (AvgIpc) is 2.12. The predicted octanol–water partition coefficient (Wildman–Crippen LogP) is 3.17. The van der Waals surface area contributed by atoms with Crippen LogP contribution in [0.1, 0.15) is 18.4 Å². The molecule has 0 bridgehead atoms. The molecule has 0 atom stereocenters. The number of hydrogen-bond acceptors (Lipinski definition) is 1. The fourth-order valence-corrected chi connectivity index (χ4v) is 2.56. The van der Waals surface area contributed by atoms with Gasteiger partial charge in [0.05, 0.1) is 12.7 Å². The Morgan fingerprint density at radius 3 is 2.54 bits per heavy atom. The number of alkyl halides is 1. The third-order valence-corrected chi connectivity index (χ3v) is 3.38. The molecule has 1 fully saturated rings. The van der Waals surface area contributed by atoms with Crippen LogP contribution in [0.3, 0.4) is 0 Å². The molecule has 1 saturated carbocycles. The van der Waals surface area contributed by atoms with Crippen LogP contribution in [0.15, 0.2) is 30.3 Å². The van der Waals surface area contributed by atoms with E-state index in [0.717, 1.165) is 10.5 Å². The van der Waals surface area contributed by atoms with Crippen molar-refractivity contribution in [2.45, 2.75) is 29.5 Å². The topological polar surface area (TPSA) is 9.23 Å². The molecule has 0 N–H and O–H groups in total. The average molecular weight is 288 g/mol. The van der Waals surface area contributed by atoms with Crippen molar-refractivity contribution in [3.05, 3.63) is 35.9 Å². The van der Waals surface area contributed by atoms with E-state index in [-0.39, 0.29) is 0 Å². The molecule has 1 aliphatic rings. The molecule has 1 aliphatic carbocycles. The lowest BCUT2D eigenvalue weighted by molar-refractivity contribution is -0.00240.